The monoisotopic (exact) mass is 279 g/mol. The van der Waals surface area contributed by atoms with Gasteiger partial charge in [-0.3, -0.25) is 0 Å². The molecule has 0 aliphatic rings. The number of aryl methyl sites for hydroxylation is 2. The number of hydrogen-bond acceptors (Lipinski definition) is 2. The van der Waals surface area contributed by atoms with Crippen molar-refractivity contribution in [1.29, 1.82) is 0 Å². The molecule has 2 aromatic rings. The highest BCUT2D eigenvalue weighted by Crippen LogP contribution is 2.12. The Morgan fingerprint density at radius 3 is 2.50 bits per heavy atom. The number of hydrogen-bond donors (Lipinski definition) is 1. The van der Waals surface area contributed by atoms with Crippen LogP contribution in [0.25, 0.3) is 0 Å². The summed E-state index contributed by atoms with van der Waals surface area (Å²) in [5, 5.41) is 3.19. The largest absolute Gasteiger partial charge is 0.338 e. The second-order valence-electron chi connectivity index (χ2n) is 4.96. The van der Waals surface area contributed by atoms with E-state index in [4.69, 9.17) is 0 Å². The molecule has 0 bridgehead atoms. The lowest BCUT2D eigenvalue weighted by Crippen LogP contribution is -2.28. The number of imidazole rings is 1. The molecular formula is C15H19F2N3. The van der Waals surface area contributed by atoms with Crippen molar-refractivity contribution in [3.05, 3.63) is 53.6 Å². The number of aromatic nitrogens is 2. The summed E-state index contributed by atoms with van der Waals surface area (Å²) >= 11 is 0. The van der Waals surface area contributed by atoms with E-state index in [1.165, 1.54) is 12.1 Å². The van der Waals surface area contributed by atoms with Gasteiger partial charge in [-0.2, -0.15) is 0 Å². The Kier molecular flexibility index (Phi) is 4.84. The van der Waals surface area contributed by atoms with Crippen molar-refractivity contribution in [2.75, 3.05) is 7.05 Å². The number of halogens is 2. The molecule has 20 heavy (non-hydrogen) atoms. The lowest BCUT2D eigenvalue weighted by Gasteiger charge is -2.16. The summed E-state index contributed by atoms with van der Waals surface area (Å²) < 4.78 is 28.3. The van der Waals surface area contributed by atoms with Crippen molar-refractivity contribution in [1.82, 2.24) is 14.9 Å². The van der Waals surface area contributed by atoms with Crippen LogP contribution in [0, 0.1) is 11.6 Å². The van der Waals surface area contributed by atoms with Crippen LogP contribution in [0.15, 0.2) is 30.6 Å². The van der Waals surface area contributed by atoms with Gasteiger partial charge in [-0.1, -0.05) is 0 Å². The van der Waals surface area contributed by atoms with Crippen molar-refractivity contribution in [2.24, 2.45) is 7.05 Å². The summed E-state index contributed by atoms with van der Waals surface area (Å²) in [6, 6.07) is 3.82. The van der Waals surface area contributed by atoms with Gasteiger partial charge in [-0.25, -0.2) is 13.8 Å². The normalized spacial score (nSPS) is 12.6. The molecule has 0 aliphatic carbocycles. The van der Waals surface area contributed by atoms with E-state index in [0.717, 1.165) is 24.7 Å². The maximum absolute atomic E-state index is 13.2. The lowest BCUT2D eigenvalue weighted by molar-refractivity contribution is 0.505. The van der Waals surface area contributed by atoms with Crippen LogP contribution in [0.4, 0.5) is 8.78 Å². The SMILES string of the molecule is CNC(CCc1nccn1C)Cc1cc(F)cc(F)c1. The molecule has 1 aromatic carbocycles. The predicted molar refractivity (Wildman–Crippen MR) is 74.4 cm³/mol. The highest BCUT2D eigenvalue weighted by molar-refractivity contribution is 5.19. The van der Waals surface area contributed by atoms with Crippen molar-refractivity contribution in [2.45, 2.75) is 25.3 Å². The van der Waals surface area contributed by atoms with Gasteiger partial charge < -0.3 is 9.88 Å². The van der Waals surface area contributed by atoms with E-state index in [0.29, 0.717) is 12.0 Å². The lowest BCUT2D eigenvalue weighted by atomic mass is 10.0. The van der Waals surface area contributed by atoms with Crippen molar-refractivity contribution in [3.63, 3.8) is 0 Å². The Balaban J connectivity index is 1.96. The summed E-state index contributed by atoms with van der Waals surface area (Å²) in [6.07, 6.45) is 5.96. The van der Waals surface area contributed by atoms with Gasteiger partial charge in [0.25, 0.3) is 0 Å². The van der Waals surface area contributed by atoms with Gasteiger partial charge in [-0.15, -0.1) is 0 Å². The van der Waals surface area contributed by atoms with Crippen LogP contribution in [0.1, 0.15) is 17.8 Å². The second kappa shape index (κ2) is 6.61. The smallest absolute Gasteiger partial charge is 0.126 e. The third-order valence-electron chi connectivity index (χ3n) is 3.45. The third-order valence-corrected chi connectivity index (χ3v) is 3.45. The zero-order chi connectivity index (χ0) is 14.5. The van der Waals surface area contributed by atoms with Crippen LogP contribution in [-0.4, -0.2) is 22.6 Å². The van der Waals surface area contributed by atoms with E-state index in [-0.39, 0.29) is 6.04 Å². The Hall–Kier alpha value is -1.75. The quantitative estimate of drug-likeness (QED) is 0.880. The minimum absolute atomic E-state index is 0.160. The topological polar surface area (TPSA) is 29.9 Å². The van der Waals surface area contributed by atoms with E-state index in [1.54, 1.807) is 6.20 Å². The van der Waals surface area contributed by atoms with E-state index in [2.05, 4.69) is 10.3 Å². The molecule has 5 heteroatoms. The maximum atomic E-state index is 13.2. The number of likely N-dealkylation sites (N-methyl/N-ethyl adjacent to an activating group) is 1. The maximum Gasteiger partial charge on any atom is 0.126 e. The molecule has 1 unspecified atom stereocenters. The third kappa shape index (κ3) is 3.87. The van der Waals surface area contributed by atoms with Crippen LogP contribution in [0.3, 0.4) is 0 Å². The molecule has 0 fully saturated rings. The Labute approximate surface area is 117 Å². The molecule has 0 aliphatic heterocycles. The first kappa shape index (κ1) is 14.7. The number of benzene rings is 1. The molecule has 108 valence electrons. The van der Waals surface area contributed by atoms with Crippen molar-refractivity contribution >= 4 is 0 Å². The first-order valence-electron chi connectivity index (χ1n) is 6.67. The Morgan fingerprint density at radius 1 is 1.25 bits per heavy atom. The van der Waals surface area contributed by atoms with Crippen molar-refractivity contribution < 1.29 is 8.78 Å². The summed E-state index contributed by atoms with van der Waals surface area (Å²) in [6.45, 7) is 0. The first-order chi connectivity index (χ1) is 9.58. The standard InChI is InChI=1S/C15H19F2N3/c1-18-14(3-4-15-19-5-6-20(15)2)9-11-7-12(16)10-13(17)8-11/h5-8,10,14,18H,3-4,9H2,1-2H3. The highest BCUT2D eigenvalue weighted by Gasteiger charge is 2.11. The minimum atomic E-state index is -0.529. The van der Waals surface area contributed by atoms with Crippen LogP contribution >= 0.6 is 0 Å². The van der Waals surface area contributed by atoms with E-state index in [9.17, 15) is 8.78 Å². The van der Waals surface area contributed by atoms with Crippen LogP contribution in [0.2, 0.25) is 0 Å². The highest BCUT2D eigenvalue weighted by atomic mass is 19.1. The molecule has 1 N–H and O–H groups in total. The number of rotatable bonds is 6. The molecule has 1 atom stereocenters. The average Bonchev–Trinajstić information content (AvgIpc) is 2.79. The van der Waals surface area contributed by atoms with Gasteiger partial charge in [0.05, 0.1) is 0 Å². The fourth-order valence-electron chi connectivity index (χ4n) is 2.30. The number of nitrogens with zero attached hydrogens (tertiary/aromatic N) is 2. The first-order valence-corrected chi connectivity index (χ1v) is 6.67. The summed E-state index contributed by atoms with van der Waals surface area (Å²) in [5.74, 6) is -0.0476. The van der Waals surface area contributed by atoms with Gasteiger partial charge in [-0.05, 0) is 37.6 Å². The second-order valence-corrected chi connectivity index (χ2v) is 4.96. The molecule has 0 radical (unpaired) electrons. The van der Waals surface area contributed by atoms with Gasteiger partial charge in [0, 0.05) is 38.0 Å². The minimum Gasteiger partial charge on any atom is -0.338 e. The van der Waals surface area contributed by atoms with Crippen LogP contribution in [0.5, 0.6) is 0 Å². The van der Waals surface area contributed by atoms with Gasteiger partial charge in [0.1, 0.15) is 17.5 Å². The van der Waals surface area contributed by atoms with E-state index >= 15 is 0 Å². The molecule has 2 rings (SSSR count). The predicted octanol–water partition coefficient (Wildman–Crippen LogP) is 2.46. The molecule has 1 aromatic heterocycles. The fourth-order valence-corrected chi connectivity index (χ4v) is 2.30. The fraction of sp³-hybridized carbons (Fsp3) is 0.400. The molecule has 0 amide bonds. The number of nitrogens with one attached hydrogen (secondary N) is 1. The molecular weight excluding hydrogens is 260 g/mol. The molecule has 0 spiro atoms. The van der Waals surface area contributed by atoms with Crippen LogP contribution in [-0.2, 0) is 19.9 Å². The average molecular weight is 279 g/mol. The molecule has 0 saturated heterocycles. The van der Waals surface area contributed by atoms with Crippen molar-refractivity contribution in [3.8, 4) is 0 Å². The van der Waals surface area contributed by atoms with E-state index in [1.807, 2.05) is 24.9 Å². The molecule has 1 heterocycles. The zero-order valence-electron chi connectivity index (χ0n) is 11.7. The van der Waals surface area contributed by atoms with Crippen LogP contribution < -0.4 is 5.32 Å². The summed E-state index contributed by atoms with van der Waals surface area (Å²) in [4.78, 5) is 4.27. The van der Waals surface area contributed by atoms with Gasteiger partial charge in [0.15, 0.2) is 0 Å². The Morgan fingerprint density at radius 2 is 1.95 bits per heavy atom. The Bertz CT molecular complexity index is 546. The molecule has 0 saturated carbocycles. The summed E-state index contributed by atoms with van der Waals surface area (Å²) in [7, 11) is 3.82. The zero-order valence-corrected chi connectivity index (χ0v) is 11.7. The van der Waals surface area contributed by atoms with Gasteiger partial charge >= 0.3 is 0 Å². The molecule has 3 nitrogen and oxygen atoms in total. The van der Waals surface area contributed by atoms with Gasteiger partial charge in [0.2, 0.25) is 0 Å². The summed E-state index contributed by atoms with van der Waals surface area (Å²) in [5.41, 5.74) is 0.668. The van der Waals surface area contributed by atoms with E-state index < -0.39 is 11.6 Å².